The number of benzene rings is 2. The molecule has 0 fully saturated rings. The molecule has 140 valence electrons. The van der Waals surface area contributed by atoms with E-state index in [9.17, 15) is 9.90 Å². The number of phenolic OH excluding ortho intramolecular Hbond substituents is 1. The van der Waals surface area contributed by atoms with Crippen LogP contribution in [0.4, 0.5) is 0 Å². The Balaban J connectivity index is 1.55. The lowest BCUT2D eigenvalue weighted by Gasteiger charge is -2.06. The first-order valence-electron chi connectivity index (χ1n) is 8.40. The van der Waals surface area contributed by atoms with E-state index >= 15 is 0 Å². The lowest BCUT2D eigenvalue weighted by atomic mass is 10.2. The Hall–Kier alpha value is -3.00. The van der Waals surface area contributed by atoms with Crippen molar-refractivity contribution < 1.29 is 14.6 Å². The molecule has 2 N–H and O–H groups in total. The number of aromatic hydroxyl groups is 1. The minimum atomic E-state index is -0.230. The van der Waals surface area contributed by atoms with Crippen LogP contribution in [0.5, 0.6) is 11.5 Å². The zero-order valence-corrected chi connectivity index (χ0v) is 15.9. The highest BCUT2D eigenvalue weighted by atomic mass is 32.2. The van der Waals surface area contributed by atoms with E-state index in [0.717, 1.165) is 16.2 Å². The second kappa shape index (κ2) is 8.59. The quantitative estimate of drug-likeness (QED) is 0.371. The number of thioether (sulfide) groups is 1. The summed E-state index contributed by atoms with van der Waals surface area (Å²) in [7, 11) is 1.93. The van der Waals surface area contributed by atoms with Gasteiger partial charge in [-0.25, -0.2) is 10.4 Å². The van der Waals surface area contributed by atoms with Crippen molar-refractivity contribution in [1.29, 1.82) is 0 Å². The fraction of sp³-hybridized carbons (Fsp3) is 0.211. The number of carbonyl (C=O) groups is 1. The van der Waals surface area contributed by atoms with Crippen molar-refractivity contribution >= 4 is 34.9 Å². The van der Waals surface area contributed by atoms with Gasteiger partial charge in [-0.05, 0) is 42.8 Å². The van der Waals surface area contributed by atoms with E-state index in [1.807, 2.05) is 42.8 Å². The van der Waals surface area contributed by atoms with Crippen LogP contribution in [0.1, 0.15) is 12.5 Å². The number of ether oxygens (including phenoxy) is 1. The largest absolute Gasteiger partial charge is 0.504 e. The van der Waals surface area contributed by atoms with Crippen molar-refractivity contribution in [1.82, 2.24) is 15.0 Å². The number of phenols is 1. The number of nitrogens with zero attached hydrogens (tertiary/aromatic N) is 3. The van der Waals surface area contributed by atoms with Crippen LogP contribution in [-0.4, -0.2) is 39.1 Å². The van der Waals surface area contributed by atoms with Crippen molar-refractivity contribution in [3.05, 3.63) is 48.0 Å². The maximum absolute atomic E-state index is 12.0. The Kier molecular flexibility index (Phi) is 5.97. The van der Waals surface area contributed by atoms with Gasteiger partial charge in [0.05, 0.1) is 29.6 Å². The molecular formula is C19H20N4O3S. The van der Waals surface area contributed by atoms with Gasteiger partial charge in [0.2, 0.25) is 0 Å². The monoisotopic (exact) mass is 384 g/mol. The van der Waals surface area contributed by atoms with E-state index in [4.69, 9.17) is 4.74 Å². The molecule has 27 heavy (non-hydrogen) atoms. The van der Waals surface area contributed by atoms with Gasteiger partial charge in [0.25, 0.3) is 5.91 Å². The smallest absolute Gasteiger partial charge is 0.250 e. The van der Waals surface area contributed by atoms with Crippen LogP contribution >= 0.6 is 11.8 Å². The molecule has 0 aliphatic rings. The van der Waals surface area contributed by atoms with E-state index in [-0.39, 0.29) is 17.4 Å². The van der Waals surface area contributed by atoms with Gasteiger partial charge >= 0.3 is 0 Å². The van der Waals surface area contributed by atoms with E-state index in [1.54, 1.807) is 12.1 Å². The van der Waals surface area contributed by atoms with Crippen LogP contribution in [0.15, 0.2) is 52.7 Å². The number of imidazole rings is 1. The fourth-order valence-electron chi connectivity index (χ4n) is 2.48. The number of carbonyl (C=O) groups excluding carboxylic acids is 1. The number of amides is 1. The number of hydrazone groups is 1. The number of nitrogens with one attached hydrogen (secondary N) is 1. The molecular weight excluding hydrogens is 364 g/mol. The maximum atomic E-state index is 12.0. The summed E-state index contributed by atoms with van der Waals surface area (Å²) in [5, 5.41) is 14.4. The molecule has 0 spiro atoms. The lowest BCUT2D eigenvalue weighted by Crippen LogP contribution is -2.19. The minimum Gasteiger partial charge on any atom is -0.504 e. The van der Waals surface area contributed by atoms with E-state index in [1.165, 1.54) is 24.0 Å². The summed E-state index contributed by atoms with van der Waals surface area (Å²) in [4.78, 5) is 16.5. The SMILES string of the molecule is CCOc1cc(/C=N/NC(=O)CSc2nc3ccccc3n2C)ccc1O. The van der Waals surface area contributed by atoms with Gasteiger partial charge in [-0.15, -0.1) is 0 Å². The van der Waals surface area contributed by atoms with Crippen molar-refractivity contribution in [3.63, 3.8) is 0 Å². The van der Waals surface area contributed by atoms with Crippen molar-refractivity contribution in [3.8, 4) is 11.5 Å². The highest BCUT2D eigenvalue weighted by molar-refractivity contribution is 7.99. The van der Waals surface area contributed by atoms with Crippen LogP contribution in [-0.2, 0) is 11.8 Å². The zero-order chi connectivity index (χ0) is 19.2. The number of para-hydroxylation sites is 2. The topological polar surface area (TPSA) is 88.7 Å². The minimum absolute atomic E-state index is 0.0666. The van der Waals surface area contributed by atoms with Gasteiger partial charge in [0.15, 0.2) is 16.7 Å². The van der Waals surface area contributed by atoms with Crippen molar-refractivity contribution in [2.75, 3.05) is 12.4 Å². The molecule has 8 heteroatoms. The van der Waals surface area contributed by atoms with Crippen LogP contribution in [0.3, 0.4) is 0 Å². The van der Waals surface area contributed by atoms with Crippen LogP contribution in [0.2, 0.25) is 0 Å². The average molecular weight is 384 g/mol. The first-order chi connectivity index (χ1) is 13.1. The number of aryl methyl sites for hydroxylation is 1. The lowest BCUT2D eigenvalue weighted by molar-refractivity contribution is -0.118. The number of hydrogen-bond acceptors (Lipinski definition) is 6. The second-order valence-corrected chi connectivity index (χ2v) is 6.63. The van der Waals surface area contributed by atoms with Crippen LogP contribution < -0.4 is 10.2 Å². The molecule has 3 aromatic rings. The number of aromatic nitrogens is 2. The second-order valence-electron chi connectivity index (χ2n) is 5.68. The number of rotatable bonds is 7. The normalized spacial score (nSPS) is 11.2. The third kappa shape index (κ3) is 4.59. The molecule has 1 amide bonds. The first kappa shape index (κ1) is 18.8. The summed E-state index contributed by atoms with van der Waals surface area (Å²) in [6, 6.07) is 12.7. The Morgan fingerprint density at radius 1 is 1.37 bits per heavy atom. The third-order valence-electron chi connectivity index (χ3n) is 3.77. The van der Waals surface area contributed by atoms with Gasteiger partial charge in [0, 0.05) is 7.05 Å². The molecule has 0 unspecified atom stereocenters. The Morgan fingerprint density at radius 2 is 2.19 bits per heavy atom. The van der Waals surface area contributed by atoms with Gasteiger partial charge in [-0.2, -0.15) is 5.10 Å². The molecule has 1 heterocycles. The summed E-state index contributed by atoms with van der Waals surface area (Å²) >= 11 is 1.35. The summed E-state index contributed by atoms with van der Waals surface area (Å²) in [5.41, 5.74) is 5.12. The van der Waals surface area contributed by atoms with E-state index < -0.39 is 0 Å². The summed E-state index contributed by atoms with van der Waals surface area (Å²) in [6.45, 7) is 2.28. The molecule has 0 saturated heterocycles. The first-order valence-corrected chi connectivity index (χ1v) is 9.39. The highest BCUT2D eigenvalue weighted by Crippen LogP contribution is 2.26. The van der Waals surface area contributed by atoms with Gasteiger partial charge in [0.1, 0.15) is 0 Å². The molecule has 0 aliphatic carbocycles. The molecule has 0 radical (unpaired) electrons. The van der Waals surface area contributed by atoms with Gasteiger partial charge in [-0.1, -0.05) is 23.9 Å². The molecule has 2 aromatic carbocycles. The zero-order valence-electron chi connectivity index (χ0n) is 15.0. The third-order valence-corrected chi connectivity index (χ3v) is 4.79. The van der Waals surface area contributed by atoms with Crippen molar-refractivity contribution in [2.24, 2.45) is 12.1 Å². The Morgan fingerprint density at radius 3 is 2.96 bits per heavy atom. The maximum Gasteiger partial charge on any atom is 0.250 e. The molecule has 1 aromatic heterocycles. The molecule has 0 aliphatic heterocycles. The Bertz CT molecular complexity index is 984. The summed E-state index contributed by atoms with van der Waals surface area (Å²) in [5.74, 6) is 0.419. The van der Waals surface area contributed by atoms with Gasteiger partial charge < -0.3 is 14.4 Å². The van der Waals surface area contributed by atoms with Crippen LogP contribution in [0.25, 0.3) is 11.0 Å². The Labute approximate surface area is 161 Å². The van der Waals surface area contributed by atoms with Crippen LogP contribution in [0, 0.1) is 0 Å². The predicted octanol–water partition coefficient (Wildman–Crippen LogP) is 2.92. The van der Waals surface area contributed by atoms with Crippen molar-refractivity contribution in [2.45, 2.75) is 12.1 Å². The van der Waals surface area contributed by atoms with E-state index in [0.29, 0.717) is 17.9 Å². The molecule has 7 nitrogen and oxygen atoms in total. The average Bonchev–Trinajstić information content (AvgIpc) is 2.99. The predicted molar refractivity (Wildman–Crippen MR) is 106 cm³/mol. The summed E-state index contributed by atoms with van der Waals surface area (Å²) in [6.07, 6.45) is 1.50. The molecule has 0 bridgehead atoms. The molecule has 3 rings (SSSR count). The fourth-order valence-corrected chi connectivity index (χ4v) is 3.26. The van der Waals surface area contributed by atoms with E-state index in [2.05, 4.69) is 15.5 Å². The number of fused-ring (bicyclic) bond motifs is 1. The van der Waals surface area contributed by atoms with Gasteiger partial charge in [-0.3, -0.25) is 4.79 Å². The summed E-state index contributed by atoms with van der Waals surface area (Å²) < 4.78 is 7.28. The molecule has 0 saturated carbocycles. The standard InChI is InChI=1S/C19H20N4O3S/c1-3-26-17-10-13(8-9-16(17)24)11-20-22-18(25)12-27-19-21-14-6-4-5-7-15(14)23(19)2/h4-11,24H,3,12H2,1-2H3,(H,22,25)/b20-11+. The number of hydrogen-bond donors (Lipinski definition) is 2. The highest BCUT2D eigenvalue weighted by Gasteiger charge is 2.10. The molecule has 0 atom stereocenters.